The van der Waals surface area contributed by atoms with Gasteiger partial charge in [0.1, 0.15) is 5.82 Å². The summed E-state index contributed by atoms with van der Waals surface area (Å²) in [6.07, 6.45) is 5.62. The van der Waals surface area contributed by atoms with Gasteiger partial charge in [-0.05, 0) is 25.8 Å². The molecule has 0 aliphatic heterocycles. The number of aromatic nitrogens is 3. The predicted octanol–water partition coefficient (Wildman–Crippen LogP) is 2.11. The third kappa shape index (κ3) is 2.68. The molecule has 2 rings (SSSR count). The monoisotopic (exact) mass is 236 g/mol. The third-order valence-electron chi connectivity index (χ3n) is 3.62. The van der Waals surface area contributed by atoms with Crippen LogP contribution >= 0.6 is 0 Å². The molecule has 0 saturated heterocycles. The molecule has 1 fully saturated rings. The normalized spacial score (nSPS) is 24.4. The number of hydrogen-bond donors (Lipinski definition) is 1. The zero-order valence-electron chi connectivity index (χ0n) is 11.2. The van der Waals surface area contributed by atoms with Crippen LogP contribution in [0, 0.1) is 0 Å². The van der Waals surface area contributed by atoms with Crippen LogP contribution in [0.25, 0.3) is 0 Å². The SMILES string of the molecule is CCNC1CCC(n2nc(CC)nc2CC)C1. The first-order valence-corrected chi connectivity index (χ1v) is 6.96. The standard InChI is InChI=1S/C13H24N4/c1-4-12-15-13(5-2)17(16-12)11-8-7-10(9-11)14-6-3/h10-11,14H,4-9H2,1-3H3. The molecule has 1 aliphatic rings. The van der Waals surface area contributed by atoms with E-state index < -0.39 is 0 Å². The number of nitrogens with one attached hydrogen (secondary N) is 1. The van der Waals surface area contributed by atoms with E-state index in [4.69, 9.17) is 0 Å². The van der Waals surface area contributed by atoms with E-state index in [9.17, 15) is 0 Å². The van der Waals surface area contributed by atoms with Gasteiger partial charge in [0.2, 0.25) is 0 Å². The van der Waals surface area contributed by atoms with E-state index in [2.05, 4.69) is 40.9 Å². The van der Waals surface area contributed by atoms with Crippen molar-refractivity contribution in [3.63, 3.8) is 0 Å². The smallest absolute Gasteiger partial charge is 0.150 e. The summed E-state index contributed by atoms with van der Waals surface area (Å²) in [4.78, 5) is 4.59. The van der Waals surface area contributed by atoms with E-state index in [-0.39, 0.29) is 0 Å². The fraction of sp³-hybridized carbons (Fsp3) is 0.846. The van der Waals surface area contributed by atoms with Crippen LogP contribution < -0.4 is 5.32 Å². The molecule has 4 heteroatoms. The minimum Gasteiger partial charge on any atom is -0.314 e. The number of nitrogens with zero attached hydrogens (tertiary/aromatic N) is 3. The summed E-state index contributed by atoms with van der Waals surface area (Å²) in [5.41, 5.74) is 0. The van der Waals surface area contributed by atoms with E-state index in [1.54, 1.807) is 0 Å². The molecule has 0 aromatic carbocycles. The molecular formula is C13H24N4. The van der Waals surface area contributed by atoms with E-state index in [1.807, 2.05) is 0 Å². The van der Waals surface area contributed by atoms with E-state index in [0.717, 1.165) is 31.0 Å². The highest BCUT2D eigenvalue weighted by atomic mass is 15.4. The maximum atomic E-state index is 4.65. The molecule has 0 radical (unpaired) electrons. The van der Waals surface area contributed by atoms with Gasteiger partial charge < -0.3 is 5.32 Å². The lowest BCUT2D eigenvalue weighted by atomic mass is 10.2. The van der Waals surface area contributed by atoms with Gasteiger partial charge >= 0.3 is 0 Å². The molecule has 0 bridgehead atoms. The average molecular weight is 236 g/mol. The van der Waals surface area contributed by atoms with Crippen LogP contribution in [-0.4, -0.2) is 27.4 Å². The van der Waals surface area contributed by atoms with E-state index in [0.29, 0.717) is 12.1 Å². The van der Waals surface area contributed by atoms with Gasteiger partial charge in [0.15, 0.2) is 5.82 Å². The maximum absolute atomic E-state index is 4.65. The Kier molecular flexibility index (Phi) is 4.15. The van der Waals surface area contributed by atoms with Crippen molar-refractivity contribution in [2.24, 2.45) is 0 Å². The van der Waals surface area contributed by atoms with Crippen molar-refractivity contribution in [3.8, 4) is 0 Å². The number of aryl methyl sites for hydroxylation is 2. The van der Waals surface area contributed by atoms with Crippen molar-refractivity contribution in [2.75, 3.05) is 6.54 Å². The Balaban J connectivity index is 2.09. The third-order valence-corrected chi connectivity index (χ3v) is 3.62. The molecule has 1 aromatic rings. The molecule has 2 atom stereocenters. The minimum absolute atomic E-state index is 0.557. The zero-order valence-corrected chi connectivity index (χ0v) is 11.2. The molecule has 1 saturated carbocycles. The van der Waals surface area contributed by atoms with Crippen LogP contribution in [-0.2, 0) is 12.8 Å². The van der Waals surface area contributed by atoms with Crippen LogP contribution in [0.2, 0.25) is 0 Å². The zero-order chi connectivity index (χ0) is 12.3. The van der Waals surface area contributed by atoms with Crippen molar-refractivity contribution in [3.05, 3.63) is 11.6 Å². The Morgan fingerprint density at radius 1 is 1.24 bits per heavy atom. The molecule has 1 aromatic heterocycles. The van der Waals surface area contributed by atoms with Crippen LogP contribution in [0.3, 0.4) is 0 Å². The molecule has 0 spiro atoms. The molecule has 0 amide bonds. The second-order valence-electron chi connectivity index (χ2n) is 4.82. The number of hydrogen-bond acceptors (Lipinski definition) is 3. The summed E-state index contributed by atoms with van der Waals surface area (Å²) in [5, 5.41) is 8.19. The minimum atomic E-state index is 0.557. The van der Waals surface area contributed by atoms with Crippen LogP contribution in [0.15, 0.2) is 0 Å². The summed E-state index contributed by atoms with van der Waals surface area (Å²) < 4.78 is 2.19. The molecule has 1 heterocycles. The summed E-state index contributed by atoms with van der Waals surface area (Å²) in [7, 11) is 0. The predicted molar refractivity (Wildman–Crippen MR) is 69.1 cm³/mol. The van der Waals surface area contributed by atoms with Crippen molar-refractivity contribution in [2.45, 2.75) is 65.0 Å². The van der Waals surface area contributed by atoms with Gasteiger partial charge in [0.05, 0.1) is 6.04 Å². The molecular weight excluding hydrogens is 212 g/mol. The second kappa shape index (κ2) is 5.63. The Morgan fingerprint density at radius 2 is 2.06 bits per heavy atom. The van der Waals surface area contributed by atoms with Crippen LogP contribution in [0.1, 0.15) is 57.7 Å². The largest absolute Gasteiger partial charge is 0.314 e. The maximum Gasteiger partial charge on any atom is 0.150 e. The lowest BCUT2D eigenvalue weighted by Gasteiger charge is -2.14. The molecule has 2 unspecified atom stereocenters. The average Bonchev–Trinajstić information content (AvgIpc) is 2.94. The fourth-order valence-corrected chi connectivity index (χ4v) is 2.74. The van der Waals surface area contributed by atoms with Crippen molar-refractivity contribution in [1.82, 2.24) is 20.1 Å². The molecule has 17 heavy (non-hydrogen) atoms. The second-order valence-corrected chi connectivity index (χ2v) is 4.82. The molecule has 96 valence electrons. The van der Waals surface area contributed by atoms with Crippen molar-refractivity contribution >= 4 is 0 Å². The first-order valence-electron chi connectivity index (χ1n) is 6.96. The fourth-order valence-electron chi connectivity index (χ4n) is 2.74. The van der Waals surface area contributed by atoms with E-state index >= 15 is 0 Å². The van der Waals surface area contributed by atoms with E-state index in [1.165, 1.54) is 19.3 Å². The van der Waals surface area contributed by atoms with Gasteiger partial charge in [-0.25, -0.2) is 9.67 Å². The number of rotatable bonds is 5. The highest BCUT2D eigenvalue weighted by Crippen LogP contribution is 2.30. The summed E-state index contributed by atoms with van der Waals surface area (Å²) in [6.45, 7) is 7.52. The Labute approximate surface area is 104 Å². The lowest BCUT2D eigenvalue weighted by molar-refractivity contribution is 0.429. The van der Waals surface area contributed by atoms with Gasteiger partial charge in [-0.2, -0.15) is 5.10 Å². The summed E-state index contributed by atoms with van der Waals surface area (Å²) >= 11 is 0. The van der Waals surface area contributed by atoms with Crippen molar-refractivity contribution in [1.29, 1.82) is 0 Å². The highest BCUT2D eigenvalue weighted by Gasteiger charge is 2.27. The summed E-state index contributed by atoms with van der Waals surface area (Å²) in [5.74, 6) is 2.15. The first-order chi connectivity index (χ1) is 8.28. The van der Waals surface area contributed by atoms with Crippen LogP contribution in [0.4, 0.5) is 0 Å². The molecule has 1 aliphatic carbocycles. The van der Waals surface area contributed by atoms with Gasteiger partial charge in [0.25, 0.3) is 0 Å². The topological polar surface area (TPSA) is 42.7 Å². The van der Waals surface area contributed by atoms with Crippen LogP contribution in [0.5, 0.6) is 0 Å². The first kappa shape index (κ1) is 12.6. The van der Waals surface area contributed by atoms with Gasteiger partial charge in [-0.15, -0.1) is 0 Å². The Hall–Kier alpha value is -0.900. The Bertz CT molecular complexity index is 358. The van der Waals surface area contributed by atoms with Gasteiger partial charge in [0, 0.05) is 18.9 Å². The Morgan fingerprint density at radius 3 is 2.71 bits per heavy atom. The van der Waals surface area contributed by atoms with Gasteiger partial charge in [-0.3, -0.25) is 0 Å². The summed E-state index contributed by atoms with van der Waals surface area (Å²) in [6, 6.07) is 1.23. The molecule has 1 N–H and O–H groups in total. The van der Waals surface area contributed by atoms with Gasteiger partial charge in [-0.1, -0.05) is 20.8 Å². The van der Waals surface area contributed by atoms with Crippen molar-refractivity contribution < 1.29 is 0 Å². The highest BCUT2D eigenvalue weighted by molar-refractivity contribution is 4.97. The molecule has 4 nitrogen and oxygen atoms in total. The lowest BCUT2D eigenvalue weighted by Crippen LogP contribution is -2.26. The quantitative estimate of drug-likeness (QED) is 0.851.